The Bertz CT molecular complexity index is 647. The maximum Gasteiger partial charge on any atom is 0.230 e. The van der Waals surface area contributed by atoms with E-state index in [4.69, 9.17) is 0 Å². The molecule has 1 atom stereocenters. The lowest BCUT2D eigenvalue weighted by atomic mass is 9.78. The van der Waals surface area contributed by atoms with Gasteiger partial charge in [-0.1, -0.05) is 0 Å². The van der Waals surface area contributed by atoms with Crippen molar-refractivity contribution in [1.82, 2.24) is 9.88 Å². The summed E-state index contributed by atoms with van der Waals surface area (Å²) in [4.78, 5) is 21.4. The van der Waals surface area contributed by atoms with E-state index in [1.54, 1.807) is 12.3 Å². The van der Waals surface area contributed by atoms with Gasteiger partial charge in [0.05, 0.1) is 11.5 Å². The fraction of sp³-hybridized carbons (Fsp3) is 0.684. The van der Waals surface area contributed by atoms with Gasteiger partial charge < -0.3 is 14.9 Å². The number of anilines is 1. The van der Waals surface area contributed by atoms with Crippen LogP contribution in [0.2, 0.25) is 0 Å². The largest absolute Gasteiger partial charge is 0.393 e. The first-order chi connectivity index (χ1) is 12.1. The number of hydrogen-bond donors (Lipinski definition) is 1. The van der Waals surface area contributed by atoms with Crippen molar-refractivity contribution in [2.75, 3.05) is 24.5 Å². The Kier molecular flexibility index (Phi) is 4.40. The molecule has 25 heavy (non-hydrogen) atoms. The fourth-order valence-corrected chi connectivity index (χ4v) is 4.87. The van der Waals surface area contributed by atoms with Gasteiger partial charge in [-0.2, -0.15) is 0 Å². The zero-order valence-electron chi connectivity index (χ0n) is 14.5. The summed E-state index contributed by atoms with van der Waals surface area (Å²) >= 11 is 0. The number of hydrogen-bond acceptors (Lipinski definition) is 4. The summed E-state index contributed by atoms with van der Waals surface area (Å²) in [5, 5.41) is 9.71. The molecule has 4 rings (SSSR count). The van der Waals surface area contributed by atoms with Crippen LogP contribution in [0.15, 0.2) is 18.3 Å². The van der Waals surface area contributed by atoms with Crippen molar-refractivity contribution in [3.63, 3.8) is 0 Å². The topological polar surface area (TPSA) is 56.7 Å². The molecule has 1 N–H and O–H groups in total. The third-order valence-corrected chi connectivity index (χ3v) is 6.27. The van der Waals surface area contributed by atoms with E-state index in [2.05, 4.69) is 4.98 Å². The molecule has 0 unspecified atom stereocenters. The van der Waals surface area contributed by atoms with Crippen LogP contribution in [0.1, 0.15) is 44.9 Å². The summed E-state index contributed by atoms with van der Waals surface area (Å²) in [5.41, 5.74) is -0.391. The van der Waals surface area contributed by atoms with E-state index in [-0.39, 0.29) is 23.9 Å². The Morgan fingerprint density at radius 1 is 1.20 bits per heavy atom. The molecule has 3 fully saturated rings. The zero-order chi connectivity index (χ0) is 17.4. The minimum Gasteiger partial charge on any atom is -0.393 e. The summed E-state index contributed by atoms with van der Waals surface area (Å²) in [6.07, 6.45) is 7.36. The molecule has 0 bridgehead atoms. The molecule has 2 saturated heterocycles. The van der Waals surface area contributed by atoms with Crippen molar-refractivity contribution in [3.8, 4) is 0 Å². The first-order valence-electron chi connectivity index (χ1n) is 9.44. The Morgan fingerprint density at radius 2 is 2.00 bits per heavy atom. The van der Waals surface area contributed by atoms with Crippen LogP contribution in [0.5, 0.6) is 0 Å². The number of pyridine rings is 1. The van der Waals surface area contributed by atoms with E-state index in [0.29, 0.717) is 12.4 Å². The van der Waals surface area contributed by atoms with E-state index in [9.17, 15) is 14.3 Å². The lowest BCUT2D eigenvalue weighted by Crippen LogP contribution is -2.50. The van der Waals surface area contributed by atoms with E-state index >= 15 is 0 Å². The maximum absolute atomic E-state index is 14.1. The van der Waals surface area contributed by atoms with Gasteiger partial charge in [0, 0.05) is 31.9 Å². The van der Waals surface area contributed by atoms with Crippen molar-refractivity contribution < 1.29 is 14.3 Å². The number of piperidine rings is 1. The molecule has 1 aromatic heterocycles. The number of likely N-dealkylation sites (tertiary alicyclic amines) is 1. The van der Waals surface area contributed by atoms with Gasteiger partial charge in [-0.25, -0.2) is 9.37 Å². The average Bonchev–Trinajstić information content (AvgIpc) is 2.92. The Balaban J connectivity index is 1.50. The quantitative estimate of drug-likeness (QED) is 0.892. The van der Waals surface area contributed by atoms with E-state index in [1.807, 2.05) is 9.80 Å². The summed E-state index contributed by atoms with van der Waals surface area (Å²) < 4.78 is 14.1. The highest BCUT2D eigenvalue weighted by Gasteiger charge is 2.51. The third-order valence-electron chi connectivity index (χ3n) is 6.27. The predicted octanol–water partition coefficient (Wildman–Crippen LogP) is 2.34. The molecule has 0 aromatic carbocycles. The van der Waals surface area contributed by atoms with Crippen LogP contribution in [0.25, 0.3) is 0 Å². The maximum atomic E-state index is 14.1. The minimum absolute atomic E-state index is 0.208. The second kappa shape index (κ2) is 6.56. The second-order valence-corrected chi connectivity index (χ2v) is 7.83. The Labute approximate surface area is 147 Å². The molecular formula is C19H26FN3O2. The zero-order valence-corrected chi connectivity index (χ0v) is 14.5. The van der Waals surface area contributed by atoms with E-state index < -0.39 is 5.41 Å². The van der Waals surface area contributed by atoms with Crippen LogP contribution in [0.3, 0.4) is 0 Å². The smallest absolute Gasteiger partial charge is 0.230 e. The molecule has 1 spiro atoms. The summed E-state index contributed by atoms with van der Waals surface area (Å²) in [5.74, 6) is 0.284. The number of rotatable bonds is 2. The molecule has 1 amide bonds. The number of amides is 1. The number of aliphatic hydroxyl groups excluding tert-OH is 1. The van der Waals surface area contributed by atoms with Crippen LogP contribution in [-0.4, -0.2) is 52.7 Å². The van der Waals surface area contributed by atoms with Crippen molar-refractivity contribution in [2.24, 2.45) is 5.41 Å². The second-order valence-electron chi connectivity index (χ2n) is 7.83. The van der Waals surface area contributed by atoms with Crippen LogP contribution in [0.4, 0.5) is 10.2 Å². The molecule has 3 aliphatic rings. The molecule has 6 heteroatoms. The number of halogens is 1. The Hall–Kier alpha value is -1.69. The van der Waals surface area contributed by atoms with Gasteiger partial charge in [0.15, 0.2) is 11.6 Å². The highest BCUT2D eigenvalue weighted by atomic mass is 19.1. The number of nitrogens with zero attached hydrogens (tertiary/aromatic N) is 3. The molecule has 136 valence electrons. The fourth-order valence-electron chi connectivity index (χ4n) is 4.87. The molecule has 1 aliphatic carbocycles. The monoisotopic (exact) mass is 347 g/mol. The molecule has 3 heterocycles. The SMILES string of the molecule is O=C1N([C@H]2CC[C@@H](O)CC2)CC[C@@]12CCCN(c1ncccc1F)C2. The van der Waals surface area contributed by atoms with Crippen molar-refractivity contribution in [1.29, 1.82) is 0 Å². The number of carbonyl (C=O) groups excluding carboxylic acids is 1. The van der Waals surface area contributed by atoms with Crippen LogP contribution < -0.4 is 4.90 Å². The van der Waals surface area contributed by atoms with Crippen LogP contribution >= 0.6 is 0 Å². The van der Waals surface area contributed by atoms with Crippen molar-refractivity contribution in [2.45, 2.75) is 57.1 Å². The normalized spacial score (nSPS) is 33.3. The molecule has 2 aliphatic heterocycles. The van der Waals surface area contributed by atoms with Crippen LogP contribution in [-0.2, 0) is 4.79 Å². The van der Waals surface area contributed by atoms with Gasteiger partial charge in [0.25, 0.3) is 0 Å². The van der Waals surface area contributed by atoms with Gasteiger partial charge in [-0.05, 0) is 57.1 Å². The van der Waals surface area contributed by atoms with Gasteiger partial charge >= 0.3 is 0 Å². The summed E-state index contributed by atoms with van der Waals surface area (Å²) in [6, 6.07) is 3.29. The summed E-state index contributed by atoms with van der Waals surface area (Å²) in [6.45, 7) is 2.10. The molecule has 0 radical (unpaired) electrons. The highest BCUT2D eigenvalue weighted by Crippen LogP contribution is 2.43. The first-order valence-corrected chi connectivity index (χ1v) is 9.44. The number of aliphatic hydroxyl groups is 1. The predicted molar refractivity (Wildman–Crippen MR) is 92.7 cm³/mol. The van der Waals surface area contributed by atoms with Gasteiger partial charge in [0.2, 0.25) is 5.91 Å². The molecular weight excluding hydrogens is 321 g/mol. The Morgan fingerprint density at radius 3 is 2.76 bits per heavy atom. The van der Waals surface area contributed by atoms with Crippen LogP contribution in [0, 0.1) is 11.2 Å². The summed E-state index contributed by atoms with van der Waals surface area (Å²) in [7, 11) is 0. The lowest BCUT2D eigenvalue weighted by molar-refractivity contribution is -0.139. The number of aromatic nitrogens is 1. The van der Waals surface area contributed by atoms with Gasteiger partial charge in [-0.15, -0.1) is 0 Å². The van der Waals surface area contributed by atoms with Crippen molar-refractivity contribution in [3.05, 3.63) is 24.1 Å². The van der Waals surface area contributed by atoms with Crippen molar-refractivity contribution >= 4 is 11.7 Å². The molecule has 5 nitrogen and oxygen atoms in total. The van der Waals surface area contributed by atoms with E-state index in [1.165, 1.54) is 6.07 Å². The lowest BCUT2D eigenvalue weighted by Gasteiger charge is -2.41. The number of carbonyl (C=O) groups is 1. The average molecular weight is 347 g/mol. The highest BCUT2D eigenvalue weighted by molar-refractivity contribution is 5.86. The van der Waals surface area contributed by atoms with Gasteiger partial charge in [-0.3, -0.25) is 4.79 Å². The third kappa shape index (κ3) is 3.01. The minimum atomic E-state index is -0.391. The van der Waals surface area contributed by atoms with E-state index in [0.717, 1.165) is 58.0 Å². The molecule has 1 aromatic rings. The van der Waals surface area contributed by atoms with Gasteiger partial charge in [0.1, 0.15) is 0 Å². The standard InChI is InChI=1S/C19H26FN3O2/c20-16-3-1-10-21-17(16)22-11-2-8-19(13-22)9-12-23(18(19)25)14-4-6-15(24)7-5-14/h1,3,10,14-15,24H,2,4-9,11-13H2/t14-,15+,19-/m1/s1. The molecule has 1 saturated carbocycles. The first kappa shape index (κ1) is 16.8.